The van der Waals surface area contributed by atoms with Crippen molar-refractivity contribution in [3.05, 3.63) is 23.9 Å². The van der Waals surface area contributed by atoms with E-state index in [1.165, 1.54) is 6.08 Å². The molecule has 0 amide bonds. The first kappa shape index (κ1) is 11.2. The largest absolute Gasteiger partial charge is 0.477 e. The van der Waals surface area contributed by atoms with Gasteiger partial charge in [-0.05, 0) is 18.4 Å². The minimum absolute atomic E-state index is 0.655. The van der Waals surface area contributed by atoms with Crippen molar-refractivity contribution in [1.29, 1.82) is 0 Å². The maximum absolute atomic E-state index is 10.3. The summed E-state index contributed by atoms with van der Waals surface area (Å²) in [5.41, 5.74) is -0.655. The zero-order valence-electron chi connectivity index (χ0n) is 7.39. The minimum Gasteiger partial charge on any atom is -0.477 e. The number of nitrogens with zero attached hydrogens (tertiary/aromatic N) is 1. The smallest absolute Gasteiger partial charge is 0.343 e. The van der Waals surface area contributed by atoms with Crippen molar-refractivity contribution < 1.29 is 19.8 Å². The molecule has 0 aromatic carbocycles. The first-order chi connectivity index (χ1) is 5.95. The molecule has 5 heteroatoms. The SMILES string of the molecule is CN(C)C=CC=C(C(=O)O)C(=O)O. The van der Waals surface area contributed by atoms with E-state index < -0.39 is 17.5 Å². The molecule has 0 saturated carbocycles. The molecule has 0 saturated heterocycles. The summed E-state index contributed by atoms with van der Waals surface area (Å²) in [4.78, 5) is 22.3. The highest BCUT2D eigenvalue weighted by Crippen LogP contribution is 1.95. The monoisotopic (exact) mass is 185 g/mol. The lowest BCUT2D eigenvalue weighted by atomic mass is 10.2. The fourth-order valence-corrected chi connectivity index (χ4v) is 0.545. The molecule has 13 heavy (non-hydrogen) atoms. The number of allylic oxidation sites excluding steroid dienone is 2. The standard InChI is InChI=1S/C8H11NO4/c1-9(2)5-3-4-6(7(10)11)8(12)13/h3-5H,1-2H3,(H,10,11)(H,12,13). The molecule has 0 rings (SSSR count). The van der Waals surface area contributed by atoms with Gasteiger partial charge in [0.1, 0.15) is 5.57 Å². The van der Waals surface area contributed by atoms with E-state index in [1.54, 1.807) is 25.2 Å². The van der Waals surface area contributed by atoms with Gasteiger partial charge in [0.05, 0.1) is 0 Å². The molecule has 0 bridgehead atoms. The van der Waals surface area contributed by atoms with E-state index >= 15 is 0 Å². The van der Waals surface area contributed by atoms with Crippen LogP contribution in [0.15, 0.2) is 23.9 Å². The van der Waals surface area contributed by atoms with E-state index in [1.807, 2.05) is 0 Å². The van der Waals surface area contributed by atoms with Gasteiger partial charge in [-0.1, -0.05) is 0 Å². The number of carbonyl (C=O) groups is 2. The van der Waals surface area contributed by atoms with Gasteiger partial charge in [-0.3, -0.25) is 0 Å². The molecule has 5 nitrogen and oxygen atoms in total. The van der Waals surface area contributed by atoms with Gasteiger partial charge >= 0.3 is 11.9 Å². The van der Waals surface area contributed by atoms with Crippen molar-refractivity contribution in [3.8, 4) is 0 Å². The van der Waals surface area contributed by atoms with Crippen molar-refractivity contribution >= 4 is 11.9 Å². The molecule has 0 aliphatic rings. The van der Waals surface area contributed by atoms with Gasteiger partial charge in [0.25, 0.3) is 0 Å². The molecular weight excluding hydrogens is 174 g/mol. The van der Waals surface area contributed by atoms with Crippen LogP contribution < -0.4 is 0 Å². The molecular formula is C8H11NO4. The zero-order chi connectivity index (χ0) is 10.4. The number of rotatable bonds is 4. The molecule has 2 N–H and O–H groups in total. The number of hydrogen-bond acceptors (Lipinski definition) is 3. The van der Waals surface area contributed by atoms with Crippen LogP contribution in [0.4, 0.5) is 0 Å². The number of carboxylic acids is 2. The Hall–Kier alpha value is -1.78. The van der Waals surface area contributed by atoms with Gasteiger partial charge < -0.3 is 15.1 Å². The third kappa shape index (κ3) is 4.62. The zero-order valence-corrected chi connectivity index (χ0v) is 7.39. The van der Waals surface area contributed by atoms with Crippen LogP contribution in [0.1, 0.15) is 0 Å². The summed E-state index contributed by atoms with van der Waals surface area (Å²) in [7, 11) is 3.48. The summed E-state index contributed by atoms with van der Waals surface area (Å²) in [6, 6.07) is 0. The van der Waals surface area contributed by atoms with Gasteiger partial charge in [0, 0.05) is 14.1 Å². The van der Waals surface area contributed by atoms with E-state index in [2.05, 4.69) is 0 Å². The van der Waals surface area contributed by atoms with Crippen LogP contribution in [0.2, 0.25) is 0 Å². The van der Waals surface area contributed by atoms with Gasteiger partial charge in [0.2, 0.25) is 0 Å². The summed E-state index contributed by atoms with van der Waals surface area (Å²) in [5, 5.41) is 16.8. The first-order valence-corrected chi connectivity index (χ1v) is 3.46. The Balaban J connectivity index is 4.56. The van der Waals surface area contributed by atoms with Crippen molar-refractivity contribution in [2.75, 3.05) is 14.1 Å². The normalized spacial score (nSPS) is 9.69. The summed E-state index contributed by atoms with van der Waals surface area (Å²) in [6.07, 6.45) is 3.94. The third-order valence-corrected chi connectivity index (χ3v) is 1.11. The van der Waals surface area contributed by atoms with E-state index in [0.717, 1.165) is 6.08 Å². The molecule has 0 aromatic heterocycles. The Bertz CT molecular complexity index is 249. The average Bonchev–Trinajstić information content (AvgIpc) is 1.95. The number of hydrogen-bond donors (Lipinski definition) is 2. The van der Waals surface area contributed by atoms with Crippen LogP contribution in [-0.2, 0) is 9.59 Å². The molecule has 0 unspecified atom stereocenters. The lowest BCUT2D eigenvalue weighted by molar-refractivity contribution is -0.140. The van der Waals surface area contributed by atoms with Crippen molar-refractivity contribution in [1.82, 2.24) is 4.90 Å². The summed E-state index contributed by atoms with van der Waals surface area (Å²) in [6.45, 7) is 0. The summed E-state index contributed by atoms with van der Waals surface area (Å²) in [5.74, 6) is -2.90. The van der Waals surface area contributed by atoms with Crippen molar-refractivity contribution in [2.45, 2.75) is 0 Å². The Kier molecular flexibility index (Phi) is 4.29. The van der Waals surface area contributed by atoms with Crippen LogP contribution in [-0.4, -0.2) is 41.1 Å². The lowest BCUT2D eigenvalue weighted by Gasteiger charge is -2.01. The van der Waals surface area contributed by atoms with Crippen LogP contribution in [0.5, 0.6) is 0 Å². The average molecular weight is 185 g/mol. The second-order valence-electron chi connectivity index (χ2n) is 2.50. The fraction of sp³-hybridized carbons (Fsp3) is 0.250. The molecule has 0 aliphatic carbocycles. The molecule has 0 aliphatic heterocycles. The Morgan fingerprint density at radius 1 is 1.15 bits per heavy atom. The maximum atomic E-state index is 10.3. The molecule has 0 heterocycles. The second kappa shape index (κ2) is 4.97. The molecule has 0 spiro atoms. The Morgan fingerprint density at radius 3 is 1.92 bits per heavy atom. The van der Waals surface area contributed by atoms with Crippen LogP contribution in [0, 0.1) is 0 Å². The molecule has 0 atom stereocenters. The Morgan fingerprint density at radius 2 is 1.62 bits per heavy atom. The molecule has 0 radical (unpaired) electrons. The van der Waals surface area contributed by atoms with Crippen LogP contribution >= 0.6 is 0 Å². The summed E-state index contributed by atoms with van der Waals surface area (Å²) < 4.78 is 0. The highest BCUT2D eigenvalue weighted by Gasteiger charge is 2.13. The molecule has 0 fully saturated rings. The van der Waals surface area contributed by atoms with Gasteiger partial charge in [0.15, 0.2) is 0 Å². The highest BCUT2D eigenvalue weighted by atomic mass is 16.4. The maximum Gasteiger partial charge on any atom is 0.343 e. The van der Waals surface area contributed by atoms with Crippen molar-refractivity contribution in [3.63, 3.8) is 0 Å². The van der Waals surface area contributed by atoms with Gasteiger partial charge in [-0.15, -0.1) is 0 Å². The van der Waals surface area contributed by atoms with Gasteiger partial charge in [-0.25, -0.2) is 9.59 Å². The minimum atomic E-state index is -1.45. The number of aliphatic carboxylic acids is 2. The second-order valence-corrected chi connectivity index (χ2v) is 2.50. The summed E-state index contributed by atoms with van der Waals surface area (Å²) >= 11 is 0. The third-order valence-electron chi connectivity index (χ3n) is 1.11. The molecule has 0 aromatic rings. The van der Waals surface area contributed by atoms with E-state index in [4.69, 9.17) is 10.2 Å². The van der Waals surface area contributed by atoms with Crippen LogP contribution in [0.25, 0.3) is 0 Å². The predicted octanol–water partition coefficient (Wildman–Crippen LogP) is 0.157. The van der Waals surface area contributed by atoms with E-state index in [9.17, 15) is 9.59 Å². The van der Waals surface area contributed by atoms with E-state index in [-0.39, 0.29) is 0 Å². The topological polar surface area (TPSA) is 77.8 Å². The first-order valence-electron chi connectivity index (χ1n) is 3.46. The van der Waals surface area contributed by atoms with Crippen LogP contribution in [0.3, 0.4) is 0 Å². The lowest BCUT2D eigenvalue weighted by Crippen LogP contribution is -2.10. The van der Waals surface area contributed by atoms with Crippen molar-refractivity contribution in [2.24, 2.45) is 0 Å². The Labute approximate surface area is 75.6 Å². The quantitative estimate of drug-likeness (QED) is 0.282. The predicted molar refractivity (Wildman–Crippen MR) is 46.2 cm³/mol. The highest BCUT2D eigenvalue weighted by molar-refractivity contribution is 6.12. The number of carboxylic acid groups (broad SMARTS) is 2. The fourth-order valence-electron chi connectivity index (χ4n) is 0.545. The van der Waals surface area contributed by atoms with Gasteiger partial charge in [-0.2, -0.15) is 0 Å². The van der Waals surface area contributed by atoms with E-state index in [0.29, 0.717) is 0 Å². The molecule has 72 valence electrons.